The SMILES string of the molecule is O=C(O)c1c(OC2CN(C(=O)c3cccc[n+]3[O-])C2)ccc2c1OB(O)CC2. The quantitative estimate of drug-likeness (QED) is 0.443. The number of likely N-dealkylation sites (tertiary alicyclic amines) is 1. The summed E-state index contributed by atoms with van der Waals surface area (Å²) in [6.45, 7) is 0.459. The molecule has 0 unspecified atom stereocenters. The molecule has 1 aromatic heterocycles. The van der Waals surface area contributed by atoms with Crippen molar-refractivity contribution in [3.63, 3.8) is 0 Å². The second-order valence-corrected chi connectivity index (χ2v) is 6.70. The van der Waals surface area contributed by atoms with E-state index < -0.39 is 25.1 Å². The van der Waals surface area contributed by atoms with Crippen molar-refractivity contribution in [1.82, 2.24) is 4.90 Å². The predicted octanol–water partition coefficient (Wildman–Crippen LogP) is 0.337. The van der Waals surface area contributed by atoms with Gasteiger partial charge in [-0.15, -0.1) is 0 Å². The molecule has 144 valence electrons. The van der Waals surface area contributed by atoms with Crippen LogP contribution < -0.4 is 14.1 Å². The van der Waals surface area contributed by atoms with Crippen LogP contribution in [0, 0.1) is 5.21 Å². The van der Waals surface area contributed by atoms with Crippen molar-refractivity contribution in [3.8, 4) is 11.5 Å². The minimum atomic E-state index is -1.22. The summed E-state index contributed by atoms with van der Waals surface area (Å²) in [5.74, 6) is -1.39. The highest BCUT2D eigenvalue weighted by Crippen LogP contribution is 2.37. The molecule has 0 atom stereocenters. The van der Waals surface area contributed by atoms with Gasteiger partial charge in [0.2, 0.25) is 0 Å². The molecule has 2 aliphatic rings. The fraction of sp³-hybridized carbons (Fsp3) is 0.278. The Morgan fingerprint density at radius 1 is 1.29 bits per heavy atom. The highest BCUT2D eigenvalue weighted by Gasteiger charge is 2.37. The van der Waals surface area contributed by atoms with Crippen molar-refractivity contribution in [2.24, 2.45) is 0 Å². The number of nitrogens with zero attached hydrogens (tertiary/aromatic N) is 2. The van der Waals surface area contributed by atoms with Crippen LogP contribution in [0.25, 0.3) is 0 Å². The highest BCUT2D eigenvalue weighted by molar-refractivity contribution is 6.44. The van der Waals surface area contributed by atoms with Gasteiger partial charge < -0.3 is 29.6 Å². The van der Waals surface area contributed by atoms with Crippen LogP contribution >= 0.6 is 0 Å². The lowest BCUT2D eigenvalue weighted by molar-refractivity contribution is -0.608. The van der Waals surface area contributed by atoms with Crippen LogP contribution in [0.15, 0.2) is 36.5 Å². The van der Waals surface area contributed by atoms with Gasteiger partial charge >= 0.3 is 19.0 Å². The Bertz CT molecular complexity index is 946. The monoisotopic (exact) mass is 384 g/mol. The van der Waals surface area contributed by atoms with E-state index in [1.165, 1.54) is 23.2 Å². The van der Waals surface area contributed by atoms with E-state index in [4.69, 9.17) is 9.39 Å². The number of aromatic carboxylic acids is 1. The Hall–Kier alpha value is -3.27. The zero-order valence-electron chi connectivity index (χ0n) is 14.8. The van der Waals surface area contributed by atoms with E-state index in [-0.39, 0.29) is 35.8 Å². The third-order valence-electron chi connectivity index (χ3n) is 4.80. The fourth-order valence-corrected chi connectivity index (χ4v) is 3.33. The summed E-state index contributed by atoms with van der Waals surface area (Å²) in [4.78, 5) is 25.5. The Morgan fingerprint density at radius 3 is 2.79 bits per heavy atom. The number of carbonyl (C=O) groups is 2. The number of aromatic nitrogens is 1. The van der Waals surface area contributed by atoms with Crippen molar-refractivity contribution in [2.75, 3.05) is 13.1 Å². The summed E-state index contributed by atoms with van der Waals surface area (Å²) in [7, 11) is -1.05. The van der Waals surface area contributed by atoms with Crippen LogP contribution in [0.5, 0.6) is 11.5 Å². The Kier molecular flexibility index (Phi) is 4.56. The molecule has 1 aromatic carbocycles. The predicted molar refractivity (Wildman–Crippen MR) is 96.2 cm³/mol. The minimum absolute atomic E-state index is 0.0170. The van der Waals surface area contributed by atoms with Gasteiger partial charge in [0.1, 0.15) is 23.2 Å². The lowest BCUT2D eigenvalue weighted by Crippen LogP contribution is -2.58. The first-order chi connectivity index (χ1) is 13.4. The first-order valence-corrected chi connectivity index (χ1v) is 8.82. The summed E-state index contributed by atoms with van der Waals surface area (Å²) < 4.78 is 11.6. The zero-order chi connectivity index (χ0) is 19.8. The number of fused-ring (bicyclic) bond motifs is 1. The number of carbonyl (C=O) groups excluding carboxylic acids is 1. The molecule has 9 nitrogen and oxygen atoms in total. The Labute approximate surface area is 160 Å². The van der Waals surface area contributed by atoms with E-state index in [9.17, 15) is 24.9 Å². The number of aryl methyl sites for hydroxylation is 1. The van der Waals surface area contributed by atoms with Crippen LogP contribution in [-0.4, -0.2) is 53.2 Å². The number of pyridine rings is 1. The van der Waals surface area contributed by atoms with Crippen LogP contribution in [0.1, 0.15) is 26.4 Å². The Balaban J connectivity index is 1.48. The van der Waals surface area contributed by atoms with Gasteiger partial charge in [-0.05, 0) is 30.4 Å². The van der Waals surface area contributed by atoms with Crippen LogP contribution in [0.3, 0.4) is 0 Å². The number of ether oxygens (including phenoxy) is 1. The standard InChI is InChI=1S/C18H17BN2O7/c22-17(13-3-1-2-8-21(13)26)20-9-12(10-20)27-14-5-4-11-6-7-19(25)28-16(11)15(14)18(23)24/h1-5,8,12,25H,6-7,9-10H2,(H,23,24). The number of hydrogen-bond acceptors (Lipinski definition) is 6. The molecule has 2 aromatic rings. The number of hydrogen-bond donors (Lipinski definition) is 2. The van der Waals surface area contributed by atoms with E-state index in [0.717, 1.165) is 0 Å². The molecule has 2 aliphatic heterocycles. The Morgan fingerprint density at radius 2 is 2.07 bits per heavy atom. The highest BCUT2D eigenvalue weighted by atomic mass is 16.5. The van der Waals surface area contributed by atoms with Crippen LogP contribution in [0.4, 0.5) is 0 Å². The van der Waals surface area contributed by atoms with Gasteiger partial charge in [0, 0.05) is 12.1 Å². The van der Waals surface area contributed by atoms with Gasteiger partial charge in [-0.2, -0.15) is 4.73 Å². The van der Waals surface area contributed by atoms with Crippen molar-refractivity contribution in [1.29, 1.82) is 0 Å². The topological polar surface area (TPSA) is 123 Å². The second-order valence-electron chi connectivity index (χ2n) is 6.70. The molecule has 0 bridgehead atoms. The molecule has 0 spiro atoms. The molecule has 2 N–H and O–H groups in total. The summed E-state index contributed by atoms with van der Waals surface area (Å²) in [6, 6.07) is 7.87. The average molecular weight is 384 g/mol. The van der Waals surface area contributed by atoms with Crippen LogP contribution in [0.2, 0.25) is 6.32 Å². The first-order valence-electron chi connectivity index (χ1n) is 8.82. The molecule has 0 saturated carbocycles. The smallest absolute Gasteiger partial charge is 0.522 e. The summed E-state index contributed by atoms with van der Waals surface area (Å²) >= 11 is 0. The number of carboxylic acid groups (broad SMARTS) is 1. The van der Waals surface area contributed by atoms with E-state index >= 15 is 0 Å². The molecule has 1 amide bonds. The van der Waals surface area contributed by atoms with Crippen molar-refractivity contribution < 1.29 is 33.8 Å². The molecular formula is C18H17BN2O7. The van der Waals surface area contributed by atoms with Gasteiger partial charge in [-0.3, -0.25) is 4.79 Å². The van der Waals surface area contributed by atoms with Gasteiger partial charge in [0.05, 0.1) is 13.1 Å². The molecule has 0 aliphatic carbocycles. The molecule has 28 heavy (non-hydrogen) atoms. The molecule has 0 radical (unpaired) electrons. The summed E-state index contributed by atoms with van der Waals surface area (Å²) in [5, 5.41) is 31.0. The van der Waals surface area contributed by atoms with Gasteiger partial charge in [-0.1, -0.05) is 6.07 Å². The van der Waals surface area contributed by atoms with Gasteiger partial charge in [-0.25, -0.2) is 4.79 Å². The molecular weight excluding hydrogens is 367 g/mol. The maximum absolute atomic E-state index is 12.4. The fourth-order valence-electron chi connectivity index (χ4n) is 3.33. The van der Waals surface area contributed by atoms with Crippen molar-refractivity contribution >= 4 is 19.0 Å². The lowest BCUT2D eigenvalue weighted by atomic mass is 9.78. The second kappa shape index (κ2) is 7.04. The van der Waals surface area contributed by atoms with Gasteiger partial charge in [0.15, 0.2) is 6.20 Å². The molecule has 10 heteroatoms. The van der Waals surface area contributed by atoms with E-state index in [1.807, 2.05) is 0 Å². The van der Waals surface area contributed by atoms with Gasteiger partial charge in [0.25, 0.3) is 5.69 Å². The van der Waals surface area contributed by atoms with Crippen molar-refractivity contribution in [3.05, 3.63) is 58.6 Å². The average Bonchev–Trinajstić information content (AvgIpc) is 2.63. The van der Waals surface area contributed by atoms with E-state index in [2.05, 4.69) is 0 Å². The number of benzene rings is 1. The zero-order valence-corrected chi connectivity index (χ0v) is 14.8. The summed E-state index contributed by atoms with van der Waals surface area (Å²) in [6.07, 6.45) is 1.75. The maximum Gasteiger partial charge on any atom is 0.522 e. The largest absolute Gasteiger partial charge is 0.618 e. The normalized spacial score (nSPS) is 16.0. The third-order valence-corrected chi connectivity index (χ3v) is 4.80. The molecule has 3 heterocycles. The molecule has 1 saturated heterocycles. The van der Waals surface area contributed by atoms with E-state index in [1.54, 1.807) is 18.2 Å². The lowest BCUT2D eigenvalue weighted by Gasteiger charge is -2.38. The maximum atomic E-state index is 12.4. The van der Waals surface area contributed by atoms with E-state index in [0.29, 0.717) is 23.0 Å². The van der Waals surface area contributed by atoms with Crippen molar-refractivity contribution in [2.45, 2.75) is 18.8 Å². The van der Waals surface area contributed by atoms with Crippen LogP contribution in [-0.2, 0) is 6.42 Å². The minimum Gasteiger partial charge on any atom is -0.618 e. The third kappa shape index (κ3) is 3.22. The molecule has 4 rings (SSSR count). The number of rotatable bonds is 4. The summed E-state index contributed by atoms with van der Waals surface area (Å²) in [5.41, 5.74) is 0.578. The molecule has 1 fully saturated rings. The number of carboxylic acids is 1. The first kappa shape index (κ1) is 18.1. The number of amides is 1.